The van der Waals surface area contributed by atoms with Gasteiger partial charge < -0.3 is 10.2 Å². The molecule has 4 aromatic rings. The van der Waals surface area contributed by atoms with Crippen LogP contribution in [0, 0.1) is 20.8 Å². The van der Waals surface area contributed by atoms with Gasteiger partial charge in [0.05, 0.1) is 10.6 Å². The van der Waals surface area contributed by atoms with Gasteiger partial charge in [0.2, 0.25) is 11.8 Å². The maximum atomic E-state index is 14.6. The van der Waals surface area contributed by atoms with E-state index < -0.39 is 34.1 Å². The number of nitrogens with zero attached hydrogens (tertiary/aromatic N) is 2. The normalized spacial score (nSPS) is 12.3. The number of rotatable bonds is 11. The molecule has 4 rings (SSSR count). The van der Waals surface area contributed by atoms with Crippen molar-refractivity contribution < 1.29 is 18.0 Å². The number of amides is 2. The van der Waals surface area contributed by atoms with Gasteiger partial charge in [0, 0.05) is 18.5 Å². The largest absolute Gasteiger partial charge is 0.350 e. The van der Waals surface area contributed by atoms with Gasteiger partial charge in [0.15, 0.2) is 0 Å². The first kappa shape index (κ1) is 33.5. The molecule has 45 heavy (non-hydrogen) atoms. The number of benzene rings is 4. The summed E-state index contributed by atoms with van der Waals surface area (Å²) in [6.07, 6.45) is 0.260. The zero-order valence-electron chi connectivity index (χ0n) is 26.9. The van der Waals surface area contributed by atoms with Gasteiger partial charge in [-0.1, -0.05) is 96.1 Å². The van der Waals surface area contributed by atoms with Crippen LogP contribution in [0.15, 0.2) is 108 Å². The van der Waals surface area contributed by atoms with Crippen LogP contribution in [0.2, 0.25) is 0 Å². The van der Waals surface area contributed by atoms with Gasteiger partial charge in [0.1, 0.15) is 12.6 Å². The highest BCUT2D eigenvalue weighted by Gasteiger charge is 2.36. The predicted octanol–water partition coefficient (Wildman–Crippen LogP) is 6.36. The minimum Gasteiger partial charge on any atom is -0.350 e. The molecule has 0 spiro atoms. The third-order valence-electron chi connectivity index (χ3n) is 7.47. The Labute approximate surface area is 268 Å². The lowest BCUT2D eigenvalue weighted by Gasteiger charge is -2.35. The molecule has 0 saturated carbocycles. The summed E-state index contributed by atoms with van der Waals surface area (Å²) in [7, 11) is -4.16. The first-order chi connectivity index (χ1) is 21.2. The summed E-state index contributed by atoms with van der Waals surface area (Å²) >= 11 is 0. The number of hydrogen-bond donors (Lipinski definition) is 1. The minimum absolute atomic E-state index is 0.0850. The third kappa shape index (κ3) is 8.82. The zero-order valence-corrected chi connectivity index (χ0v) is 27.8. The average Bonchev–Trinajstić information content (AvgIpc) is 2.98. The molecule has 0 radical (unpaired) electrons. The second-order valence-corrected chi connectivity index (χ2v) is 14.4. The number of carbonyl (C=O) groups is 2. The third-order valence-corrected chi connectivity index (χ3v) is 9.25. The van der Waals surface area contributed by atoms with Crippen LogP contribution in [-0.4, -0.2) is 43.3 Å². The van der Waals surface area contributed by atoms with Crippen molar-refractivity contribution in [2.24, 2.45) is 0 Å². The van der Waals surface area contributed by atoms with Crippen molar-refractivity contribution in [2.75, 3.05) is 10.8 Å². The molecular weight excluding hydrogens is 582 g/mol. The van der Waals surface area contributed by atoms with Crippen molar-refractivity contribution in [1.82, 2.24) is 10.2 Å². The summed E-state index contributed by atoms with van der Waals surface area (Å²) < 4.78 is 29.7. The van der Waals surface area contributed by atoms with Gasteiger partial charge in [0.25, 0.3) is 10.0 Å². The van der Waals surface area contributed by atoms with Gasteiger partial charge >= 0.3 is 0 Å². The maximum absolute atomic E-state index is 14.6. The summed E-state index contributed by atoms with van der Waals surface area (Å²) in [6, 6.07) is 30.1. The summed E-state index contributed by atoms with van der Waals surface area (Å²) in [6.45, 7) is 11.0. The molecular formula is C37H43N3O4S. The van der Waals surface area contributed by atoms with Crippen molar-refractivity contribution in [3.8, 4) is 0 Å². The fraction of sp³-hybridized carbons (Fsp3) is 0.297. The number of sulfonamides is 1. The van der Waals surface area contributed by atoms with Crippen LogP contribution >= 0.6 is 0 Å². The summed E-state index contributed by atoms with van der Waals surface area (Å²) in [4.78, 5) is 30.1. The van der Waals surface area contributed by atoms with Crippen LogP contribution in [0.4, 0.5) is 5.69 Å². The zero-order chi connectivity index (χ0) is 32.8. The minimum atomic E-state index is -4.16. The molecule has 1 atom stereocenters. The Morgan fingerprint density at radius 2 is 1.31 bits per heavy atom. The standard InChI is InChI=1S/C37H43N3O4S/c1-27-17-20-32(21-18-27)45(43,44)40(33-22-19-28(2)23-29(33)3)26-35(41)39(25-31-15-11-8-12-16-31)34(36(42)38-37(4,5)6)24-30-13-9-7-10-14-30/h7-23,34H,24-26H2,1-6H3,(H,38,42). The molecule has 1 unspecified atom stereocenters. The highest BCUT2D eigenvalue weighted by Crippen LogP contribution is 2.29. The molecule has 0 aliphatic heterocycles. The van der Waals surface area contributed by atoms with Gasteiger partial charge in [-0.3, -0.25) is 13.9 Å². The Morgan fingerprint density at radius 1 is 0.756 bits per heavy atom. The molecule has 0 fully saturated rings. The van der Waals surface area contributed by atoms with E-state index in [0.29, 0.717) is 5.69 Å². The van der Waals surface area contributed by atoms with Gasteiger partial charge in [-0.25, -0.2) is 8.42 Å². The van der Waals surface area contributed by atoms with Crippen LogP contribution in [-0.2, 0) is 32.6 Å². The highest BCUT2D eigenvalue weighted by molar-refractivity contribution is 7.92. The van der Waals surface area contributed by atoms with Crippen molar-refractivity contribution in [1.29, 1.82) is 0 Å². The van der Waals surface area contributed by atoms with Crippen molar-refractivity contribution in [3.05, 3.63) is 131 Å². The second-order valence-electron chi connectivity index (χ2n) is 12.6. The molecule has 0 aliphatic rings. The molecule has 1 N–H and O–H groups in total. The molecule has 0 saturated heterocycles. The lowest BCUT2D eigenvalue weighted by molar-refractivity contribution is -0.140. The van der Waals surface area contributed by atoms with E-state index in [1.54, 1.807) is 30.3 Å². The Morgan fingerprint density at radius 3 is 1.87 bits per heavy atom. The van der Waals surface area contributed by atoms with Crippen LogP contribution in [0.3, 0.4) is 0 Å². The number of nitrogens with one attached hydrogen (secondary N) is 1. The molecule has 2 amide bonds. The van der Waals surface area contributed by atoms with Crippen LogP contribution in [0.1, 0.15) is 48.6 Å². The maximum Gasteiger partial charge on any atom is 0.264 e. The van der Waals surface area contributed by atoms with E-state index in [1.165, 1.54) is 9.21 Å². The van der Waals surface area contributed by atoms with Gasteiger partial charge in [-0.05, 0) is 76.4 Å². The number of anilines is 1. The second kappa shape index (κ2) is 14.1. The molecule has 8 heteroatoms. The Bertz CT molecular complexity index is 1720. The van der Waals surface area contributed by atoms with E-state index in [1.807, 2.05) is 114 Å². The fourth-order valence-electron chi connectivity index (χ4n) is 5.22. The molecule has 0 aliphatic carbocycles. The molecule has 236 valence electrons. The number of aryl methyl sites for hydroxylation is 3. The lowest BCUT2D eigenvalue weighted by Crippen LogP contribution is -2.56. The van der Waals surface area contributed by atoms with Gasteiger partial charge in [-0.15, -0.1) is 0 Å². The van der Waals surface area contributed by atoms with Crippen molar-refractivity contribution in [3.63, 3.8) is 0 Å². The molecule has 4 aromatic carbocycles. The van der Waals surface area contributed by atoms with E-state index in [9.17, 15) is 18.0 Å². The van der Waals surface area contributed by atoms with Crippen LogP contribution < -0.4 is 9.62 Å². The van der Waals surface area contributed by atoms with E-state index >= 15 is 0 Å². The van der Waals surface area contributed by atoms with E-state index in [-0.39, 0.29) is 23.8 Å². The molecule has 7 nitrogen and oxygen atoms in total. The SMILES string of the molecule is Cc1ccc(S(=O)(=O)N(CC(=O)N(Cc2ccccc2)C(Cc2ccccc2)C(=O)NC(C)(C)C)c2ccc(C)cc2C)cc1. The van der Waals surface area contributed by atoms with E-state index in [4.69, 9.17) is 0 Å². The Kier molecular flexibility index (Phi) is 10.5. The quantitative estimate of drug-likeness (QED) is 0.210. The molecule has 0 heterocycles. The monoisotopic (exact) mass is 625 g/mol. The summed E-state index contributed by atoms with van der Waals surface area (Å²) in [5.74, 6) is -0.797. The first-order valence-corrected chi connectivity index (χ1v) is 16.5. The van der Waals surface area contributed by atoms with Crippen molar-refractivity contribution in [2.45, 2.75) is 71.0 Å². The van der Waals surface area contributed by atoms with E-state index in [2.05, 4.69) is 5.32 Å². The van der Waals surface area contributed by atoms with Crippen LogP contribution in [0.5, 0.6) is 0 Å². The molecule has 0 bridgehead atoms. The van der Waals surface area contributed by atoms with Crippen molar-refractivity contribution >= 4 is 27.5 Å². The smallest absolute Gasteiger partial charge is 0.264 e. The Hall–Kier alpha value is -4.43. The molecule has 0 aromatic heterocycles. The van der Waals surface area contributed by atoms with Gasteiger partial charge in [-0.2, -0.15) is 0 Å². The lowest BCUT2D eigenvalue weighted by atomic mass is 10.0. The summed E-state index contributed by atoms with van der Waals surface area (Å²) in [5, 5.41) is 3.06. The predicted molar refractivity (Wildman–Crippen MR) is 180 cm³/mol. The van der Waals surface area contributed by atoms with Crippen LogP contribution in [0.25, 0.3) is 0 Å². The fourth-order valence-corrected chi connectivity index (χ4v) is 6.70. The number of hydrogen-bond acceptors (Lipinski definition) is 4. The average molecular weight is 626 g/mol. The first-order valence-electron chi connectivity index (χ1n) is 15.1. The summed E-state index contributed by atoms with van der Waals surface area (Å²) in [5.41, 5.74) is 4.19. The number of carbonyl (C=O) groups excluding carboxylic acids is 2. The highest BCUT2D eigenvalue weighted by atomic mass is 32.2. The van der Waals surface area contributed by atoms with E-state index in [0.717, 1.165) is 27.8 Å². The topological polar surface area (TPSA) is 86.8 Å². The Balaban J connectivity index is 1.83.